The molecule has 0 aliphatic heterocycles. The van der Waals surface area contributed by atoms with Gasteiger partial charge in [0.25, 0.3) is 0 Å². The smallest absolute Gasteiger partial charge is 0.339 e. The quantitative estimate of drug-likeness (QED) is 0.899. The predicted molar refractivity (Wildman–Crippen MR) is 74.7 cm³/mol. The summed E-state index contributed by atoms with van der Waals surface area (Å²) < 4.78 is 0. The zero-order valence-electron chi connectivity index (χ0n) is 10.4. The molecule has 0 fully saturated rings. The van der Waals surface area contributed by atoms with E-state index in [9.17, 15) is 9.90 Å². The normalized spacial score (nSPS) is 10.2. The minimum Gasteiger partial charge on any atom is -0.478 e. The van der Waals surface area contributed by atoms with Crippen LogP contribution in [0.4, 0.5) is 5.82 Å². The zero-order valence-corrected chi connectivity index (χ0v) is 11.1. The van der Waals surface area contributed by atoms with Crippen LogP contribution in [-0.4, -0.2) is 16.1 Å². The molecule has 0 unspecified atom stereocenters. The number of aromatic nitrogens is 1. The number of rotatable bonds is 4. The molecule has 98 valence electrons. The molecule has 19 heavy (non-hydrogen) atoms. The van der Waals surface area contributed by atoms with E-state index in [4.69, 9.17) is 11.6 Å². The SMILES string of the molecule is Cc1ccnc(NCc2cccc(Cl)c2)c1C(=O)O. The fourth-order valence-electron chi connectivity index (χ4n) is 1.79. The fourth-order valence-corrected chi connectivity index (χ4v) is 2.01. The van der Waals surface area contributed by atoms with E-state index in [0.29, 0.717) is 22.9 Å². The van der Waals surface area contributed by atoms with Crippen molar-refractivity contribution in [2.24, 2.45) is 0 Å². The Morgan fingerprint density at radius 3 is 2.89 bits per heavy atom. The summed E-state index contributed by atoms with van der Waals surface area (Å²) in [7, 11) is 0. The van der Waals surface area contributed by atoms with Crippen LogP contribution in [-0.2, 0) is 6.54 Å². The van der Waals surface area contributed by atoms with Crippen LogP contribution < -0.4 is 5.32 Å². The third-order valence-electron chi connectivity index (χ3n) is 2.72. The molecule has 0 saturated heterocycles. The van der Waals surface area contributed by atoms with Gasteiger partial charge in [-0.3, -0.25) is 0 Å². The van der Waals surface area contributed by atoms with E-state index in [1.165, 1.54) is 0 Å². The van der Waals surface area contributed by atoms with Gasteiger partial charge in [-0.15, -0.1) is 0 Å². The summed E-state index contributed by atoms with van der Waals surface area (Å²) >= 11 is 5.90. The first-order valence-corrected chi connectivity index (χ1v) is 6.13. The Labute approximate surface area is 116 Å². The van der Waals surface area contributed by atoms with E-state index in [0.717, 1.165) is 5.56 Å². The maximum atomic E-state index is 11.2. The van der Waals surface area contributed by atoms with Crippen LogP contribution in [0.2, 0.25) is 5.02 Å². The van der Waals surface area contributed by atoms with E-state index in [1.54, 1.807) is 25.3 Å². The molecule has 1 heterocycles. The Kier molecular flexibility index (Phi) is 4.02. The molecule has 0 bridgehead atoms. The number of carboxylic acids is 1. The van der Waals surface area contributed by atoms with E-state index >= 15 is 0 Å². The number of hydrogen-bond acceptors (Lipinski definition) is 3. The first-order chi connectivity index (χ1) is 9.08. The van der Waals surface area contributed by atoms with Crippen molar-refractivity contribution in [3.05, 3.63) is 58.2 Å². The second-order valence-electron chi connectivity index (χ2n) is 4.14. The molecule has 0 atom stereocenters. The van der Waals surface area contributed by atoms with E-state index < -0.39 is 5.97 Å². The predicted octanol–water partition coefficient (Wildman–Crippen LogP) is 3.35. The van der Waals surface area contributed by atoms with Crippen molar-refractivity contribution in [3.63, 3.8) is 0 Å². The number of halogens is 1. The Balaban J connectivity index is 2.20. The number of benzene rings is 1. The summed E-state index contributed by atoms with van der Waals surface area (Å²) in [5, 5.41) is 12.9. The molecule has 5 heteroatoms. The molecular weight excluding hydrogens is 264 g/mol. The number of hydrogen-bond donors (Lipinski definition) is 2. The Morgan fingerprint density at radius 2 is 2.21 bits per heavy atom. The van der Waals surface area contributed by atoms with Crippen LogP contribution in [0.1, 0.15) is 21.5 Å². The fraction of sp³-hybridized carbons (Fsp3) is 0.143. The number of pyridine rings is 1. The third-order valence-corrected chi connectivity index (χ3v) is 2.96. The number of aryl methyl sites for hydroxylation is 1. The maximum absolute atomic E-state index is 11.2. The Bertz CT molecular complexity index is 614. The monoisotopic (exact) mass is 276 g/mol. The summed E-state index contributed by atoms with van der Waals surface area (Å²) in [5.41, 5.74) is 1.84. The first-order valence-electron chi connectivity index (χ1n) is 5.75. The van der Waals surface area contributed by atoms with Gasteiger partial charge in [-0.25, -0.2) is 9.78 Å². The van der Waals surface area contributed by atoms with E-state index in [-0.39, 0.29) is 5.56 Å². The molecule has 4 nitrogen and oxygen atoms in total. The summed E-state index contributed by atoms with van der Waals surface area (Å²) in [4.78, 5) is 15.3. The number of nitrogens with zero attached hydrogens (tertiary/aromatic N) is 1. The standard InChI is InChI=1S/C14H13ClN2O2/c1-9-5-6-16-13(12(9)14(18)19)17-8-10-3-2-4-11(15)7-10/h2-7H,8H2,1H3,(H,16,17)(H,18,19). The molecule has 2 rings (SSSR count). The number of carbonyl (C=O) groups is 1. The van der Waals surface area contributed by atoms with Gasteiger partial charge in [-0.1, -0.05) is 23.7 Å². The number of aromatic carboxylic acids is 1. The van der Waals surface area contributed by atoms with Gasteiger partial charge < -0.3 is 10.4 Å². The van der Waals surface area contributed by atoms with Crippen molar-refractivity contribution < 1.29 is 9.90 Å². The lowest BCUT2D eigenvalue weighted by molar-refractivity contribution is 0.0697. The molecule has 0 amide bonds. The van der Waals surface area contributed by atoms with Crippen LogP contribution in [0.25, 0.3) is 0 Å². The molecular formula is C14H13ClN2O2. The summed E-state index contributed by atoms with van der Waals surface area (Å²) in [6.45, 7) is 2.22. The molecule has 0 aliphatic rings. The Hall–Kier alpha value is -2.07. The lowest BCUT2D eigenvalue weighted by atomic mass is 10.1. The van der Waals surface area contributed by atoms with Crippen molar-refractivity contribution in [2.45, 2.75) is 13.5 Å². The third kappa shape index (κ3) is 3.23. The topological polar surface area (TPSA) is 62.2 Å². The average molecular weight is 277 g/mol. The number of nitrogens with one attached hydrogen (secondary N) is 1. The van der Waals surface area contributed by atoms with Gasteiger partial charge in [-0.2, -0.15) is 0 Å². The van der Waals surface area contributed by atoms with Gasteiger partial charge >= 0.3 is 5.97 Å². The highest BCUT2D eigenvalue weighted by Gasteiger charge is 2.13. The van der Waals surface area contributed by atoms with Crippen LogP contribution in [0, 0.1) is 6.92 Å². The highest BCUT2D eigenvalue weighted by molar-refractivity contribution is 6.30. The second kappa shape index (κ2) is 5.71. The summed E-state index contributed by atoms with van der Waals surface area (Å²) in [6.07, 6.45) is 1.59. The van der Waals surface area contributed by atoms with Crippen molar-refractivity contribution in [1.29, 1.82) is 0 Å². The van der Waals surface area contributed by atoms with Gasteiger partial charge in [0.15, 0.2) is 0 Å². The second-order valence-corrected chi connectivity index (χ2v) is 4.58. The van der Waals surface area contributed by atoms with Gasteiger partial charge in [0.1, 0.15) is 11.4 Å². The Morgan fingerprint density at radius 1 is 1.42 bits per heavy atom. The highest BCUT2D eigenvalue weighted by atomic mass is 35.5. The lowest BCUT2D eigenvalue weighted by Crippen LogP contribution is -2.10. The van der Waals surface area contributed by atoms with Gasteiger partial charge in [0.05, 0.1) is 0 Å². The van der Waals surface area contributed by atoms with Crippen molar-refractivity contribution in [3.8, 4) is 0 Å². The van der Waals surface area contributed by atoms with Gasteiger partial charge in [-0.05, 0) is 36.2 Å². The summed E-state index contributed by atoms with van der Waals surface area (Å²) in [5.74, 6) is -0.619. The molecule has 0 radical (unpaired) electrons. The van der Waals surface area contributed by atoms with Crippen LogP contribution in [0.5, 0.6) is 0 Å². The largest absolute Gasteiger partial charge is 0.478 e. The number of anilines is 1. The maximum Gasteiger partial charge on any atom is 0.339 e. The average Bonchev–Trinajstić information content (AvgIpc) is 2.36. The van der Waals surface area contributed by atoms with Crippen LogP contribution in [0.15, 0.2) is 36.5 Å². The number of carboxylic acid groups (broad SMARTS) is 1. The van der Waals surface area contributed by atoms with Crippen molar-refractivity contribution >= 4 is 23.4 Å². The minimum atomic E-state index is -0.987. The molecule has 0 spiro atoms. The molecule has 0 saturated carbocycles. The zero-order chi connectivity index (χ0) is 13.8. The van der Waals surface area contributed by atoms with Gasteiger partial charge in [0.2, 0.25) is 0 Å². The molecule has 0 aliphatic carbocycles. The van der Waals surface area contributed by atoms with Gasteiger partial charge in [0, 0.05) is 17.8 Å². The first kappa shape index (κ1) is 13.4. The molecule has 1 aromatic carbocycles. The molecule has 1 aromatic heterocycles. The van der Waals surface area contributed by atoms with E-state index in [1.807, 2.05) is 18.2 Å². The van der Waals surface area contributed by atoms with E-state index in [2.05, 4.69) is 10.3 Å². The highest BCUT2D eigenvalue weighted by Crippen LogP contribution is 2.18. The van der Waals surface area contributed by atoms with Crippen molar-refractivity contribution in [2.75, 3.05) is 5.32 Å². The molecule has 2 aromatic rings. The van der Waals surface area contributed by atoms with Crippen molar-refractivity contribution in [1.82, 2.24) is 4.98 Å². The molecule has 2 N–H and O–H groups in total. The van der Waals surface area contributed by atoms with Crippen LogP contribution in [0.3, 0.4) is 0 Å². The summed E-state index contributed by atoms with van der Waals surface area (Å²) in [6, 6.07) is 9.05. The lowest BCUT2D eigenvalue weighted by Gasteiger charge is -2.10. The van der Waals surface area contributed by atoms with Crippen LogP contribution >= 0.6 is 11.6 Å². The minimum absolute atomic E-state index is 0.199.